The van der Waals surface area contributed by atoms with E-state index in [9.17, 15) is 4.79 Å². The normalized spacial score (nSPS) is 19.4. The first-order valence-electron chi connectivity index (χ1n) is 10.1. The van der Waals surface area contributed by atoms with Gasteiger partial charge in [0.05, 0.1) is 43.9 Å². The van der Waals surface area contributed by atoms with Crippen molar-refractivity contribution in [3.05, 3.63) is 64.5 Å². The molecule has 1 fully saturated rings. The van der Waals surface area contributed by atoms with Crippen molar-refractivity contribution < 1.29 is 4.74 Å². The van der Waals surface area contributed by atoms with Crippen LogP contribution in [0.5, 0.6) is 0 Å². The summed E-state index contributed by atoms with van der Waals surface area (Å²) in [4.78, 5) is 19.0. The molecule has 0 spiro atoms. The molecule has 8 nitrogen and oxygen atoms in total. The average molecular weight is 392 g/mol. The molecule has 0 bridgehead atoms. The van der Waals surface area contributed by atoms with Crippen LogP contribution < -0.4 is 5.56 Å². The summed E-state index contributed by atoms with van der Waals surface area (Å²) in [7, 11) is 0. The zero-order valence-corrected chi connectivity index (χ0v) is 16.3. The van der Waals surface area contributed by atoms with Crippen LogP contribution in [0.4, 0.5) is 0 Å². The minimum absolute atomic E-state index is 0.0687. The summed E-state index contributed by atoms with van der Waals surface area (Å²) in [6.07, 6.45) is 7.65. The molecule has 0 saturated carbocycles. The van der Waals surface area contributed by atoms with Gasteiger partial charge in [0.1, 0.15) is 0 Å². The van der Waals surface area contributed by atoms with E-state index < -0.39 is 0 Å². The van der Waals surface area contributed by atoms with Crippen molar-refractivity contribution in [1.82, 2.24) is 29.4 Å². The van der Waals surface area contributed by atoms with E-state index in [4.69, 9.17) is 4.74 Å². The van der Waals surface area contributed by atoms with Crippen molar-refractivity contribution in [2.75, 3.05) is 13.2 Å². The van der Waals surface area contributed by atoms with Gasteiger partial charge in [0, 0.05) is 42.2 Å². The van der Waals surface area contributed by atoms with E-state index in [0.717, 1.165) is 50.3 Å². The average Bonchev–Trinajstić information content (AvgIpc) is 3.38. The van der Waals surface area contributed by atoms with Crippen LogP contribution in [0.25, 0.3) is 11.3 Å². The Morgan fingerprint density at radius 1 is 1.17 bits per heavy atom. The largest absolute Gasteiger partial charge is 0.373 e. The van der Waals surface area contributed by atoms with Crippen LogP contribution in [0, 0.1) is 0 Å². The molecule has 5 rings (SSSR count). The van der Waals surface area contributed by atoms with Gasteiger partial charge in [-0.2, -0.15) is 10.2 Å². The Hall–Kier alpha value is -2.84. The molecule has 0 radical (unpaired) electrons. The fourth-order valence-corrected chi connectivity index (χ4v) is 4.24. The van der Waals surface area contributed by atoms with E-state index in [2.05, 4.69) is 20.1 Å². The van der Waals surface area contributed by atoms with Gasteiger partial charge < -0.3 is 4.74 Å². The van der Waals surface area contributed by atoms with Gasteiger partial charge in [0.2, 0.25) is 0 Å². The Bertz CT molecular complexity index is 1040. The maximum absolute atomic E-state index is 12.4. The Morgan fingerprint density at radius 3 is 3.03 bits per heavy atom. The first kappa shape index (κ1) is 18.2. The van der Waals surface area contributed by atoms with Gasteiger partial charge in [-0.1, -0.05) is 0 Å². The molecule has 0 amide bonds. The molecular weight excluding hydrogens is 368 g/mol. The third-order valence-electron chi connectivity index (χ3n) is 5.80. The second kappa shape index (κ2) is 7.88. The molecule has 150 valence electrons. The molecule has 5 heterocycles. The van der Waals surface area contributed by atoms with Crippen molar-refractivity contribution in [2.45, 2.75) is 45.1 Å². The third-order valence-corrected chi connectivity index (χ3v) is 5.80. The van der Waals surface area contributed by atoms with Crippen molar-refractivity contribution in [3.63, 3.8) is 0 Å². The topological polar surface area (TPSA) is 78.1 Å². The fourth-order valence-electron chi connectivity index (χ4n) is 4.24. The predicted molar refractivity (Wildman–Crippen MR) is 107 cm³/mol. The molecule has 2 aliphatic rings. The van der Waals surface area contributed by atoms with Crippen LogP contribution in [-0.4, -0.2) is 48.6 Å². The standard InChI is InChI=1S/C21H24N6O2/c28-21-6-5-19(16-3-1-7-22-11-16)24-27(21)14-18-4-2-8-25(18)13-17-12-23-26-9-10-29-15-20(17)26/h1,3,5-7,11-12,18H,2,4,8-10,13-15H2. The lowest BCUT2D eigenvalue weighted by Crippen LogP contribution is -2.37. The highest BCUT2D eigenvalue weighted by atomic mass is 16.5. The first-order valence-corrected chi connectivity index (χ1v) is 10.1. The van der Waals surface area contributed by atoms with E-state index in [-0.39, 0.29) is 11.6 Å². The number of fused-ring (bicyclic) bond motifs is 1. The van der Waals surface area contributed by atoms with Crippen molar-refractivity contribution in [2.24, 2.45) is 0 Å². The number of likely N-dealkylation sites (tertiary alicyclic amines) is 1. The van der Waals surface area contributed by atoms with Gasteiger partial charge in [-0.15, -0.1) is 0 Å². The Morgan fingerprint density at radius 2 is 2.14 bits per heavy atom. The smallest absolute Gasteiger partial charge is 0.266 e. The predicted octanol–water partition coefficient (Wildman–Crippen LogP) is 1.70. The summed E-state index contributed by atoms with van der Waals surface area (Å²) in [6, 6.07) is 7.48. The molecule has 1 atom stereocenters. The lowest BCUT2D eigenvalue weighted by Gasteiger charge is -2.25. The van der Waals surface area contributed by atoms with Crippen molar-refractivity contribution in [1.29, 1.82) is 0 Å². The fraction of sp³-hybridized carbons (Fsp3) is 0.429. The first-order chi connectivity index (χ1) is 14.3. The van der Waals surface area contributed by atoms with Crippen molar-refractivity contribution in [3.8, 4) is 11.3 Å². The van der Waals surface area contributed by atoms with Gasteiger partial charge in [0.25, 0.3) is 5.56 Å². The van der Waals surface area contributed by atoms with Gasteiger partial charge in [-0.05, 0) is 37.6 Å². The number of rotatable bonds is 5. The summed E-state index contributed by atoms with van der Waals surface area (Å²) in [5.41, 5.74) is 4.01. The quantitative estimate of drug-likeness (QED) is 0.658. The number of pyridine rings is 1. The van der Waals surface area contributed by atoms with Gasteiger partial charge in [-0.3, -0.25) is 19.4 Å². The summed E-state index contributed by atoms with van der Waals surface area (Å²) < 4.78 is 9.26. The van der Waals surface area contributed by atoms with Crippen LogP contribution in [-0.2, 0) is 31.0 Å². The van der Waals surface area contributed by atoms with Crippen LogP contribution >= 0.6 is 0 Å². The molecule has 0 N–H and O–H groups in total. The SMILES string of the molecule is O=c1ccc(-c2cccnc2)nn1CC1CCCN1Cc1cnn2c1COCC2. The van der Waals surface area contributed by atoms with E-state index in [1.807, 2.05) is 23.0 Å². The number of nitrogens with zero attached hydrogens (tertiary/aromatic N) is 6. The molecule has 3 aromatic heterocycles. The lowest BCUT2D eigenvalue weighted by molar-refractivity contribution is 0.0785. The number of ether oxygens (including phenoxy) is 1. The molecule has 29 heavy (non-hydrogen) atoms. The Balaban J connectivity index is 1.35. The zero-order valence-electron chi connectivity index (χ0n) is 16.3. The lowest BCUT2D eigenvalue weighted by atomic mass is 10.2. The van der Waals surface area contributed by atoms with Crippen LogP contribution in [0.3, 0.4) is 0 Å². The molecule has 1 saturated heterocycles. The second-order valence-corrected chi connectivity index (χ2v) is 7.64. The maximum atomic E-state index is 12.4. The maximum Gasteiger partial charge on any atom is 0.266 e. The zero-order chi connectivity index (χ0) is 19.6. The highest BCUT2D eigenvalue weighted by Gasteiger charge is 2.27. The van der Waals surface area contributed by atoms with Crippen molar-refractivity contribution >= 4 is 0 Å². The van der Waals surface area contributed by atoms with E-state index in [0.29, 0.717) is 13.2 Å². The molecule has 1 unspecified atom stereocenters. The van der Waals surface area contributed by atoms with E-state index in [1.54, 1.807) is 29.2 Å². The van der Waals surface area contributed by atoms with Gasteiger partial charge in [0.15, 0.2) is 0 Å². The molecule has 2 aliphatic heterocycles. The van der Waals surface area contributed by atoms with E-state index in [1.165, 1.54) is 11.3 Å². The van der Waals surface area contributed by atoms with Crippen LogP contribution in [0.15, 0.2) is 47.7 Å². The molecular formula is C21H24N6O2. The number of hydrogen-bond donors (Lipinski definition) is 0. The summed E-state index contributed by atoms with van der Waals surface area (Å²) in [6.45, 7) is 4.62. The Labute approximate surface area is 168 Å². The number of hydrogen-bond acceptors (Lipinski definition) is 6. The molecule has 0 aromatic carbocycles. The second-order valence-electron chi connectivity index (χ2n) is 7.64. The minimum atomic E-state index is -0.0687. The molecule has 3 aromatic rings. The highest BCUT2D eigenvalue weighted by molar-refractivity contribution is 5.56. The van der Waals surface area contributed by atoms with Gasteiger partial charge >= 0.3 is 0 Å². The monoisotopic (exact) mass is 392 g/mol. The minimum Gasteiger partial charge on any atom is -0.373 e. The van der Waals surface area contributed by atoms with Crippen LogP contribution in [0.2, 0.25) is 0 Å². The summed E-state index contributed by atoms with van der Waals surface area (Å²) >= 11 is 0. The highest BCUT2D eigenvalue weighted by Crippen LogP contribution is 2.24. The third kappa shape index (κ3) is 3.73. The van der Waals surface area contributed by atoms with E-state index >= 15 is 0 Å². The number of aromatic nitrogens is 5. The summed E-state index contributed by atoms with van der Waals surface area (Å²) in [5, 5.41) is 9.11. The Kier molecular flexibility index (Phi) is 4.95. The summed E-state index contributed by atoms with van der Waals surface area (Å²) in [5.74, 6) is 0. The van der Waals surface area contributed by atoms with Crippen LogP contribution in [0.1, 0.15) is 24.1 Å². The molecule has 8 heteroatoms. The van der Waals surface area contributed by atoms with Gasteiger partial charge in [-0.25, -0.2) is 4.68 Å². The molecule has 0 aliphatic carbocycles.